The third kappa shape index (κ3) is 2.33. The van der Waals surface area contributed by atoms with Crippen molar-refractivity contribution in [3.05, 3.63) is 6.07 Å². The maximum atomic E-state index is 5.73. The van der Waals surface area contributed by atoms with Gasteiger partial charge < -0.3 is 21.7 Å². The van der Waals surface area contributed by atoms with Crippen molar-refractivity contribution in [2.24, 2.45) is 5.73 Å². The Hall–Kier alpha value is -1.56. The number of nitrogens with zero attached hydrogens (tertiary/aromatic N) is 3. The minimum Gasteiger partial charge on any atom is -0.370 e. The average Bonchev–Trinajstić information content (AvgIpc) is 2.21. The van der Waals surface area contributed by atoms with E-state index in [-0.39, 0.29) is 6.04 Å². The van der Waals surface area contributed by atoms with Crippen LogP contribution in [-0.2, 0) is 0 Å². The average molecular weight is 222 g/mol. The number of anilines is 3. The minimum atomic E-state index is 0.253. The largest absolute Gasteiger partial charge is 0.370 e. The second kappa shape index (κ2) is 4.52. The summed E-state index contributed by atoms with van der Waals surface area (Å²) in [5.41, 5.74) is 11.4. The summed E-state index contributed by atoms with van der Waals surface area (Å²) in [6.07, 6.45) is 1.05. The van der Waals surface area contributed by atoms with Crippen molar-refractivity contribution in [1.82, 2.24) is 9.97 Å². The first-order valence-corrected chi connectivity index (χ1v) is 5.58. The van der Waals surface area contributed by atoms with E-state index in [9.17, 15) is 0 Å². The van der Waals surface area contributed by atoms with Crippen LogP contribution in [-0.4, -0.2) is 35.6 Å². The Balaban J connectivity index is 2.09. The van der Waals surface area contributed by atoms with Gasteiger partial charge in [0.2, 0.25) is 5.95 Å². The van der Waals surface area contributed by atoms with Crippen LogP contribution in [0.2, 0.25) is 0 Å². The van der Waals surface area contributed by atoms with Gasteiger partial charge in [-0.2, -0.15) is 9.97 Å². The summed E-state index contributed by atoms with van der Waals surface area (Å²) in [6.45, 7) is 4.66. The molecule has 1 fully saturated rings. The van der Waals surface area contributed by atoms with E-state index in [2.05, 4.69) is 27.1 Å². The monoisotopic (exact) mass is 222 g/mol. The summed E-state index contributed by atoms with van der Waals surface area (Å²) in [6, 6.07) is 2.17. The van der Waals surface area contributed by atoms with E-state index in [1.54, 1.807) is 0 Å². The van der Waals surface area contributed by atoms with Gasteiger partial charge in [0, 0.05) is 31.7 Å². The molecule has 1 aromatic rings. The molecule has 1 saturated heterocycles. The van der Waals surface area contributed by atoms with Crippen LogP contribution in [0.4, 0.5) is 17.6 Å². The van der Waals surface area contributed by atoms with Crippen LogP contribution in [0.5, 0.6) is 0 Å². The van der Waals surface area contributed by atoms with Crippen molar-refractivity contribution in [2.45, 2.75) is 19.4 Å². The lowest BCUT2D eigenvalue weighted by molar-refractivity contribution is 0.514. The van der Waals surface area contributed by atoms with Crippen molar-refractivity contribution in [3.63, 3.8) is 0 Å². The molecule has 0 aromatic carbocycles. The quantitative estimate of drug-likeness (QED) is 0.665. The van der Waals surface area contributed by atoms with Crippen LogP contribution in [0.15, 0.2) is 6.07 Å². The highest BCUT2D eigenvalue weighted by Crippen LogP contribution is 2.21. The van der Waals surface area contributed by atoms with Gasteiger partial charge in [-0.25, -0.2) is 0 Å². The summed E-state index contributed by atoms with van der Waals surface area (Å²) in [5, 5.41) is 3.20. The Bertz CT molecular complexity index is 360. The van der Waals surface area contributed by atoms with Crippen molar-refractivity contribution >= 4 is 17.6 Å². The number of hydrogen-bond donors (Lipinski definition) is 3. The molecule has 5 N–H and O–H groups in total. The molecule has 0 unspecified atom stereocenters. The van der Waals surface area contributed by atoms with Crippen molar-refractivity contribution in [2.75, 3.05) is 35.6 Å². The SMILES string of the molecule is CCCNc1cc(N2CC(N)C2)nc(N)n1. The fourth-order valence-corrected chi connectivity index (χ4v) is 1.66. The molecule has 1 aliphatic heterocycles. The highest BCUT2D eigenvalue weighted by molar-refractivity contribution is 5.54. The number of nitrogens with two attached hydrogens (primary N) is 2. The Morgan fingerprint density at radius 1 is 1.50 bits per heavy atom. The fraction of sp³-hybridized carbons (Fsp3) is 0.600. The number of hydrogen-bond acceptors (Lipinski definition) is 6. The van der Waals surface area contributed by atoms with Crippen LogP contribution in [0.1, 0.15) is 13.3 Å². The Morgan fingerprint density at radius 3 is 2.88 bits per heavy atom. The molecular weight excluding hydrogens is 204 g/mol. The van der Waals surface area contributed by atoms with E-state index in [4.69, 9.17) is 11.5 Å². The summed E-state index contributed by atoms with van der Waals surface area (Å²) in [4.78, 5) is 10.4. The lowest BCUT2D eigenvalue weighted by Crippen LogP contribution is -2.56. The van der Waals surface area contributed by atoms with Crippen LogP contribution in [0.3, 0.4) is 0 Å². The van der Waals surface area contributed by atoms with E-state index in [1.807, 2.05) is 6.07 Å². The zero-order chi connectivity index (χ0) is 11.5. The second-order valence-corrected chi connectivity index (χ2v) is 4.06. The molecule has 6 nitrogen and oxygen atoms in total. The first-order chi connectivity index (χ1) is 7.69. The van der Waals surface area contributed by atoms with Gasteiger partial charge in [-0.3, -0.25) is 0 Å². The van der Waals surface area contributed by atoms with Gasteiger partial charge in [0.1, 0.15) is 11.6 Å². The number of nitrogens with one attached hydrogen (secondary N) is 1. The summed E-state index contributed by atoms with van der Waals surface area (Å²) in [5.74, 6) is 1.94. The Kier molecular flexibility index (Phi) is 3.09. The van der Waals surface area contributed by atoms with E-state index in [0.717, 1.165) is 37.7 Å². The summed E-state index contributed by atoms with van der Waals surface area (Å²) < 4.78 is 0. The molecule has 0 aliphatic carbocycles. The van der Waals surface area contributed by atoms with E-state index in [1.165, 1.54) is 0 Å². The van der Waals surface area contributed by atoms with Crippen LogP contribution >= 0.6 is 0 Å². The molecule has 88 valence electrons. The molecule has 6 heteroatoms. The highest BCUT2D eigenvalue weighted by atomic mass is 15.3. The maximum Gasteiger partial charge on any atom is 0.223 e. The number of aromatic nitrogens is 2. The van der Waals surface area contributed by atoms with Gasteiger partial charge in [-0.1, -0.05) is 6.92 Å². The predicted molar refractivity (Wildman–Crippen MR) is 65.4 cm³/mol. The highest BCUT2D eigenvalue weighted by Gasteiger charge is 2.24. The van der Waals surface area contributed by atoms with Gasteiger partial charge in [0.15, 0.2) is 0 Å². The van der Waals surface area contributed by atoms with Gasteiger partial charge in [-0.05, 0) is 6.42 Å². The molecule has 16 heavy (non-hydrogen) atoms. The Labute approximate surface area is 95.0 Å². The smallest absolute Gasteiger partial charge is 0.223 e. The molecule has 0 bridgehead atoms. The topological polar surface area (TPSA) is 93.1 Å². The van der Waals surface area contributed by atoms with Gasteiger partial charge in [-0.15, -0.1) is 0 Å². The van der Waals surface area contributed by atoms with Crippen LogP contribution in [0, 0.1) is 0 Å². The molecule has 0 saturated carbocycles. The first kappa shape index (κ1) is 10.9. The van der Waals surface area contributed by atoms with E-state index in [0.29, 0.717) is 5.95 Å². The molecule has 2 heterocycles. The van der Waals surface area contributed by atoms with Crippen molar-refractivity contribution in [3.8, 4) is 0 Å². The molecule has 0 atom stereocenters. The van der Waals surface area contributed by atoms with Gasteiger partial charge >= 0.3 is 0 Å². The normalized spacial score (nSPS) is 16.0. The minimum absolute atomic E-state index is 0.253. The summed E-state index contributed by atoms with van der Waals surface area (Å²) in [7, 11) is 0. The fourth-order valence-electron chi connectivity index (χ4n) is 1.66. The zero-order valence-electron chi connectivity index (χ0n) is 9.48. The lowest BCUT2D eigenvalue weighted by Gasteiger charge is -2.37. The molecule has 1 aliphatic rings. The molecule has 0 amide bonds. The van der Waals surface area contributed by atoms with Crippen molar-refractivity contribution in [1.29, 1.82) is 0 Å². The molecule has 1 aromatic heterocycles. The van der Waals surface area contributed by atoms with E-state index < -0.39 is 0 Å². The number of rotatable bonds is 4. The first-order valence-electron chi connectivity index (χ1n) is 5.58. The van der Waals surface area contributed by atoms with E-state index >= 15 is 0 Å². The molecule has 2 rings (SSSR count). The molecular formula is C10H18N6. The predicted octanol–water partition coefficient (Wildman–Crippen LogP) is 0.0280. The zero-order valence-corrected chi connectivity index (χ0v) is 9.48. The number of nitrogen functional groups attached to an aromatic ring is 1. The summed E-state index contributed by atoms with van der Waals surface area (Å²) >= 11 is 0. The standard InChI is InChI=1S/C10H18N6/c1-2-3-13-8-4-9(15-10(12)14-8)16-5-7(11)6-16/h4,7H,2-3,5-6,11H2,1H3,(H3,12,13,14,15). The van der Waals surface area contributed by atoms with Crippen LogP contribution < -0.4 is 21.7 Å². The van der Waals surface area contributed by atoms with Gasteiger partial charge in [0.05, 0.1) is 0 Å². The van der Waals surface area contributed by atoms with Crippen LogP contribution in [0.25, 0.3) is 0 Å². The van der Waals surface area contributed by atoms with Crippen molar-refractivity contribution < 1.29 is 0 Å². The Morgan fingerprint density at radius 2 is 2.25 bits per heavy atom. The molecule has 0 radical (unpaired) electrons. The maximum absolute atomic E-state index is 5.73. The third-order valence-electron chi connectivity index (χ3n) is 2.52. The third-order valence-corrected chi connectivity index (χ3v) is 2.52. The lowest BCUT2D eigenvalue weighted by atomic mass is 10.1. The second-order valence-electron chi connectivity index (χ2n) is 4.06. The molecule has 0 spiro atoms. The van der Waals surface area contributed by atoms with Gasteiger partial charge in [0.25, 0.3) is 0 Å².